The molecule has 0 bridgehead atoms. The van der Waals surface area contributed by atoms with E-state index < -0.39 is 168 Å². The molecule has 3 aromatic rings. The quantitative estimate of drug-likeness (QED) is 0.0395. The number of primary amides is 1. The number of rotatable bonds is 28. The third kappa shape index (κ3) is 18.4. The van der Waals surface area contributed by atoms with Crippen molar-refractivity contribution in [2.24, 2.45) is 23.3 Å². The van der Waals surface area contributed by atoms with Crippen LogP contribution < -0.4 is 54.0 Å². The van der Waals surface area contributed by atoms with Gasteiger partial charge in [0.15, 0.2) is 0 Å². The van der Waals surface area contributed by atoms with Crippen molar-refractivity contribution < 1.29 is 67.7 Å². The lowest BCUT2D eigenvalue weighted by molar-refractivity contribution is -0.144. The number of amides is 11. The molecule has 14 N–H and O–H groups in total. The van der Waals surface area contributed by atoms with Crippen molar-refractivity contribution in [1.82, 2.24) is 52.3 Å². The zero-order valence-corrected chi connectivity index (χ0v) is 49.7. The molecule has 470 valence electrons. The topological polar surface area (TPSA) is 400 Å². The van der Waals surface area contributed by atoms with Crippen molar-refractivity contribution in [3.63, 3.8) is 0 Å². The van der Waals surface area contributed by atoms with Gasteiger partial charge in [-0.05, 0) is 86.8 Å². The van der Waals surface area contributed by atoms with Crippen LogP contribution in [0, 0.1) is 11.8 Å². The summed E-state index contributed by atoms with van der Waals surface area (Å²) < 4.78 is 0. The number of nitrogens with one attached hydrogen (secondary N) is 8. The lowest BCUT2D eigenvalue weighted by atomic mass is 9.81. The molecule has 3 saturated heterocycles. The highest BCUT2D eigenvalue weighted by Gasteiger charge is 2.51. The van der Waals surface area contributed by atoms with Crippen LogP contribution in [0.15, 0.2) is 91.0 Å². The average molecular weight is 1210 g/mol. The van der Waals surface area contributed by atoms with Crippen LogP contribution in [-0.2, 0) is 70.4 Å². The number of carbonyl (C=O) groups is 12. The molecule has 3 fully saturated rings. The Morgan fingerprint density at radius 1 is 0.609 bits per heavy atom. The number of fused-ring (bicyclic) bond motifs is 1. The highest BCUT2D eigenvalue weighted by molar-refractivity contribution is 6.00. The summed E-state index contributed by atoms with van der Waals surface area (Å²) in [5, 5.41) is 40.8. The van der Waals surface area contributed by atoms with Crippen LogP contribution in [-0.4, -0.2) is 177 Å². The highest BCUT2D eigenvalue weighted by Crippen LogP contribution is 2.40. The maximum atomic E-state index is 14.2. The number of nitrogens with zero attached hydrogens (tertiary/aromatic N) is 2. The van der Waals surface area contributed by atoms with Gasteiger partial charge in [-0.15, -0.1) is 0 Å². The third-order valence-corrected chi connectivity index (χ3v) is 15.9. The van der Waals surface area contributed by atoms with Crippen LogP contribution in [0.4, 0.5) is 0 Å². The standard InChI is InChI=1S/C61H82N12O14/c1-32(2)49(69-55(81)43(30-48(76)77)68-59(85)51(35(6)74)71-56(82)45-23-16-24-72(45)61(87)50(33(3)4)70-54(80)41(62)25-36-17-10-7-11-18-36)58(84)64-31-47(75)66-44-29-40-27-39(38-21-14-9-15-22-38)28-46(73(40)60(44)86)57(83)65-34(5)53(79)67-42(52(63)78)26-37-19-12-8-13-20-37/h7-15,17-22,32-35,39-46,49-51,74H,16,23-31,62H2,1-6H3,(H2,63,78)(H,64,84)(H,65,83)(H,66,75)(H,67,79)(H,68,85)(H,69,81)(H,70,80)(H,71,82)(H,76,77)/t34-,35+,39+,40+,41-,42-,43-,44-,45-,46-,49-,50-,51-/m0/s1. The second kappa shape index (κ2) is 31.0. The van der Waals surface area contributed by atoms with E-state index in [2.05, 4.69) is 42.5 Å². The number of hydrogen-bond acceptors (Lipinski definition) is 14. The van der Waals surface area contributed by atoms with Gasteiger partial charge in [0, 0.05) is 19.0 Å². The maximum absolute atomic E-state index is 14.2. The van der Waals surface area contributed by atoms with Crippen molar-refractivity contribution in [2.75, 3.05) is 13.1 Å². The van der Waals surface area contributed by atoms with Gasteiger partial charge in [0.1, 0.15) is 54.4 Å². The molecular formula is C61H82N12O14. The summed E-state index contributed by atoms with van der Waals surface area (Å²) in [6.45, 7) is 8.54. The first-order valence-electron chi connectivity index (χ1n) is 29.3. The molecular weight excluding hydrogens is 1120 g/mol. The van der Waals surface area contributed by atoms with E-state index in [1.54, 1.807) is 70.2 Å². The molecule has 0 unspecified atom stereocenters. The van der Waals surface area contributed by atoms with E-state index in [1.807, 2.05) is 48.5 Å². The van der Waals surface area contributed by atoms with Gasteiger partial charge in [-0.25, -0.2) is 0 Å². The molecule has 0 radical (unpaired) electrons. The summed E-state index contributed by atoms with van der Waals surface area (Å²) in [5.74, 6) is -11.6. The van der Waals surface area contributed by atoms with E-state index in [1.165, 1.54) is 23.6 Å². The van der Waals surface area contributed by atoms with Crippen molar-refractivity contribution in [3.8, 4) is 0 Å². The Balaban J connectivity index is 1.05. The molecule has 0 saturated carbocycles. The predicted molar refractivity (Wildman–Crippen MR) is 315 cm³/mol. The summed E-state index contributed by atoms with van der Waals surface area (Å²) in [6.07, 6.45) is -1.10. The zero-order valence-electron chi connectivity index (χ0n) is 49.7. The maximum Gasteiger partial charge on any atom is 0.305 e. The van der Waals surface area contributed by atoms with E-state index in [-0.39, 0.29) is 44.6 Å². The third-order valence-electron chi connectivity index (χ3n) is 15.9. The number of nitrogens with two attached hydrogens (primary N) is 2. The summed E-state index contributed by atoms with van der Waals surface area (Å²) in [6, 6.07) is 14.0. The molecule has 26 nitrogen and oxygen atoms in total. The Morgan fingerprint density at radius 2 is 1.17 bits per heavy atom. The van der Waals surface area contributed by atoms with Crippen molar-refractivity contribution in [2.45, 2.75) is 171 Å². The van der Waals surface area contributed by atoms with Gasteiger partial charge in [0.05, 0.1) is 25.1 Å². The fraction of sp³-hybridized carbons (Fsp3) is 0.508. The number of likely N-dealkylation sites (tertiary alicyclic amines) is 1. The van der Waals surface area contributed by atoms with Gasteiger partial charge in [-0.2, -0.15) is 0 Å². The Labute approximate surface area is 504 Å². The highest BCUT2D eigenvalue weighted by atomic mass is 16.4. The van der Waals surface area contributed by atoms with E-state index in [0.29, 0.717) is 12.8 Å². The number of aliphatic hydroxyl groups is 1. The van der Waals surface area contributed by atoms with Crippen LogP contribution in [0.25, 0.3) is 0 Å². The van der Waals surface area contributed by atoms with E-state index in [4.69, 9.17) is 11.5 Å². The Bertz CT molecular complexity index is 2970. The number of aliphatic hydroxyl groups excluding tert-OH is 1. The number of carboxylic acid groups (broad SMARTS) is 1. The molecule has 3 heterocycles. The first-order valence-corrected chi connectivity index (χ1v) is 29.3. The molecule has 26 heteroatoms. The van der Waals surface area contributed by atoms with E-state index in [0.717, 1.165) is 16.7 Å². The van der Waals surface area contributed by atoms with Crippen LogP contribution in [0.5, 0.6) is 0 Å². The van der Waals surface area contributed by atoms with Crippen molar-refractivity contribution in [1.29, 1.82) is 0 Å². The number of carbonyl (C=O) groups excluding carboxylic acids is 11. The fourth-order valence-electron chi connectivity index (χ4n) is 11.2. The molecule has 0 spiro atoms. The van der Waals surface area contributed by atoms with Gasteiger partial charge >= 0.3 is 5.97 Å². The van der Waals surface area contributed by atoms with Crippen molar-refractivity contribution >= 4 is 70.9 Å². The lowest BCUT2D eigenvalue weighted by Gasteiger charge is -2.41. The summed E-state index contributed by atoms with van der Waals surface area (Å²) in [7, 11) is 0. The van der Waals surface area contributed by atoms with Gasteiger partial charge in [0.25, 0.3) is 0 Å². The number of piperidine rings is 1. The molecule has 0 aromatic heterocycles. The van der Waals surface area contributed by atoms with Gasteiger partial charge in [0.2, 0.25) is 65.0 Å². The molecule has 0 aliphatic carbocycles. The van der Waals surface area contributed by atoms with E-state index >= 15 is 0 Å². The Kier molecular flexibility index (Phi) is 24.0. The number of benzene rings is 3. The minimum Gasteiger partial charge on any atom is -0.481 e. The SMILES string of the molecule is CC(C)[C@H](NC(=O)[C@H](CC(=O)O)NC(=O)[C@@H](NC(=O)[C@@H]1CCCN1C(=O)[C@@H](NC(=O)[C@@H](N)Cc1ccccc1)C(C)C)[C@@H](C)O)C(=O)NCC(=O)N[C@H]1C[C@H]2C[C@@H](c3ccccc3)C[C@@H](C(=O)N[C@@H](C)C(=O)N[C@@H](Cc3ccccc3)C(N)=O)N2C1=O. The van der Waals surface area contributed by atoms with Gasteiger partial charge in [-0.3, -0.25) is 57.5 Å². The Morgan fingerprint density at radius 3 is 1.75 bits per heavy atom. The molecule has 6 rings (SSSR count). The Hall–Kier alpha value is -8.78. The number of aliphatic carboxylic acids is 1. The normalized spacial score (nSPS) is 20.9. The van der Waals surface area contributed by atoms with Crippen LogP contribution >= 0.6 is 0 Å². The number of carboxylic acids is 1. The van der Waals surface area contributed by atoms with Crippen LogP contribution in [0.1, 0.15) is 103 Å². The molecule has 87 heavy (non-hydrogen) atoms. The summed E-state index contributed by atoms with van der Waals surface area (Å²) in [5.41, 5.74) is 14.3. The summed E-state index contributed by atoms with van der Waals surface area (Å²) in [4.78, 5) is 165. The predicted octanol–water partition coefficient (Wildman–Crippen LogP) is -1.48. The van der Waals surface area contributed by atoms with Gasteiger partial charge < -0.3 is 74.0 Å². The first kappa shape index (κ1) is 67.3. The molecule has 3 aliphatic rings. The molecule has 3 aliphatic heterocycles. The molecule has 11 amide bonds. The monoisotopic (exact) mass is 1210 g/mol. The second-order valence-electron chi connectivity index (χ2n) is 23.3. The van der Waals surface area contributed by atoms with Crippen molar-refractivity contribution in [3.05, 3.63) is 108 Å². The zero-order chi connectivity index (χ0) is 63.8. The number of hydrogen-bond donors (Lipinski definition) is 12. The van der Waals surface area contributed by atoms with Crippen LogP contribution in [0.3, 0.4) is 0 Å². The van der Waals surface area contributed by atoms with E-state index in [9.17, 15) is 67.7 Å². The lowest BCUT2D eigenvalue weighted by Crippen LogP contribution is -2.62. The molecule has 13 atom stereocenters. The first-order chi connectivity index (χ1) is 41.2. The second-order valence-corrected chi connectivity index (χ2v) is 23.3. The average Bonchev–Trinajstić information content (AvgIpc) is 2.49. The minimum absolute atomic E-state index is 0.0902. The minimum atomic E-state index is -1.88. The smallest absolute Gasteiger partial charge is 0.305 e. The fourth-order valence-corrected chi connectivity index (χ4v) is 11.2. The van der Waals surface area contributed by atoms with Gasteiger partial charge in [-0.1, -0.05) is 119 Å². The largest absolute Gasteiger partial charge is 0.481 e. The van der Waals surface area contributed by atoms with Crippen LogP contribution in [0.2, 0.25) is 0 Å². The molecule has 3 aromatic carbocycles. The summed E-state index contributed by atoms with van der Waals surface area (Å²) >= 11 is 0.